The first-order valence-corrected chi connectivity index (χ1v) is 6.15. The van der Waals surface area contributed by atoms with Crippen molar-refractivity contribution in [2.75, 3.05) is 31.6 Å². The van der Waals surface area contributed by atoms with Crippen LogP contribution in [0.4, 0.5) is 0 Å². The average molecular weight is 216 g/mol. The van der Waals surface area contributed by atoms with Crippen LogP contribution in [0.25, 0.3) is 0 Å². The van der Waals surface area contributed by atoms with Gasteiger partial charge in [0.05, 0.1) is 13.1 Å². The number of imide groups is 1. The molecule has 1 aliphatic heterocycles. The van der Waals surface area contributed by atoms with Crippen LogP contribution in [0.15, 0.2) is 0 Å². The van der Waals surface area contributed by atoms with Crippen LogP contribution in [0.5, 0.6) is 0 Å². The summed E-state index contributed by atoms with van der Waals surface area (Å²) in [4.78, 5) is 23.9. The molecule has 1 aliphatic rings. The Kier molecular flexibility index (Phi) is 4.97. The van der Waals surface area contributed by atoms with Crippen LogP contribution < -0.4 is 5.32 Å². The number of carbonyl (C=O) groups is 2. The zero-order valence-corrected chi connectivity index (χ0v) is 9.23. The second-order valence-corrected chi connectivity index (χ2v) is 4.37. The fourth-order valence-corrected chi connectivity index (χ4v) is 1.93. The Labute approximate surface area is 88.4 Å². The normalized spacial score (nSPS) is 18.4. The maximum Gasteiger partial charge on any atom is 0.240 e. The van der Waals surface area contributed by atoms with Crippen molar-refractivity contribution in [2.24, 2.45) is 0 Å². The molecule has 2 amide bonds. The zero-order valence-electron chi connectivity index (χ0n) is 8.41. The molecule has 1 N–H and O–H groups in total. The minimum absolute atomic E-state index is 0.175. The first kappa shape index (κ1) is 11.5. The van der Waals surface area contributed by atoms with Gasteiger partial charge in [0, 0.05) is 0 Å². The van der Waals surface area contributed by atoms with Gasteiger partial charge >= 0.3 is 0 Å². The van der Waals surface area contributed by atoms with Crippen molar-refractivity contribution >= 4 is 23.6 Å². The van der Waals surface area contributed by atoms with Crippen LogP contribution in [-0.4, -0.2) is 48.4 Å². The molecule has 4 nitrogen and oxygen atoms in total. The molecular formula is C9H16N2O2S. The van der Waals surface area contributed by atoms with E-state index in [-0.39, 0.29) is 11.8 Å². The highest BCUT2D eigenvalue weighted by atomic mass is 32.2. The van der Waals surface area contributed by atoms with Gasteiger partial charge in [-0.05, 0) is 31.4 Å². The highest BCUT2D eigenvalue weighted by molar-refractivity contribution is 7.98. The van der Waals surface area contributed by atoms with Crippen molar-refractivity contribution in [1.82, 2.24) is 10.2 Å². The largest absolute Gasteiger partial charge is 0.294 e. The Morgan fingerprint density at radius 3 is 2.50 bits per heavy atom. The van der Waals surface area contributed by atoms with Gasteiger partial charge in [0.25, 0.3) is 0 Å². The SMILES string of the molecule is CSCCCCN1CC(=O)NC(=O)C1. The maximum absolute atomic E-state index is 11.0. The van der Waals surface area contributed by atoms with Crippen LogP contribution >= 0.6 is 11.8 Å². The van der Waals surface area contributed by atoms with Gasteiger partial charge in [-0.25, -0.2) is 0 Å². The number of hydrogen-bond donors (Lipinski definition) is 1. The highest BCUT2D eigenvalue weighted by Gasteiger charge is 2.21. The van der Waals surface area contributed by atoms with E-state index in [9.17, 15) is 9.59 Å². The molecule has 1 rings (SSSR count). The van der Waals surface area contributed by atoms with Gasteiger partial charge in [-0.1, -0.05) is 0 Å². The quantitative estimate of drug-likeness (QED) is 0.522. The molecule has 0 radical (unpaired) electrons. The number of thioether (sulfide) groups is 1. The summed E-state index contributed by atoms with van der Waals surface area (Å²) in [6, 6.07) is 0. The first-order chi connectivity index (χ1) is 6.72. The number of unbranched alkanes of at least 4 members (excludes halogenated alkanes) is 1. The van der Waals surface area contributed by atoms with Crippen molar-refractivity contribution in [3.05, 3.63) is 0 Å². The number of rotatable bonds is 5. The van der Waals surface area contributed by atoms with Crippen LogP contribution in [0.3, 0.4) is 0 Å². The molecule has 14 heavy (non-hydrogen) atoms. The fraction of sp³-hybridized carbons (Fsp3) is 0.778. The van der Waals surface area contributed by atoms with Crippen molar-refractivity contribution in [2.45, 2.75) is 12.8 Å². The summed E-state index contributed by atoms with van der Waals surface area (Å²) >= 11 is 1.82. The third-order valence-corrected chi connectivity index (χ3v) is 2.78. The number of nitrogens with one attached hydrogen (secondary N) is 1. The van der Waals surface area contributed by atoms with Gasteiger partial charge in [-0.15, -0.1) is 0 Å². The average Bonchev–Trinajstić information content (AvgIpc) is 2.11. The summed E-state index contributed by atoms with van der Waals surface area (Å²) in [5.74, 6) is 0.797. The Hall–Kier alpha value is -0.550. The summed E-state index contributed by atoms with van der Waals surface area (Å²) < 4.78 is 0. The number of nitrogens with zero attached hydrogens (tertiary/aromatic N) is 1. The molecule has 0 aromatic heterocycles. The monoisotopic (exact) mass is 216 g/mol. The summed E-state index contributed by atoms with van der Waals surface area (Å²) in [6.45, 7) is 1.58. The molecule has 0 unspecified atom stereocenters. The van der Waals surface area contributed by atoms with E-state index >= 15 is 0 Å². The predicted octanol–water partition coefficient (Wildman–Crippen LogP) is 0.0880. The van der Waals surface area contributed by atoms with Gasteiger partial charge in [0.1, 0.15) is 0 Å². The molecule has 0 aliphatic carbocycles. The van der Waals surface area contributed by atoms with Crippen molar-refractivity contribution < 1.29 is 9.59 Å². The van der Waals surface area contributed by atoms with E-state index in [1.165, 1.54) is 0 Å². The molecule has 1 saturated heterocycles. The Morgan fingerprint density at radius 2 is 1.93 bits per heavy atom. The van der Waals surface area contributed by atoms with Gasteiger partial charge in [-0.2, -0.15) is 11.8 Å². The first-order valence-electron chi connectivity index (χ1n) is 4.76. The van der Waals surface area contributed by atoms with Crippen LogP contribution in [0, 0.1) is 0 Å². The molecule has 0 atom stereocenters. The lowest BCUT2D eigenvalue weighted by Gasteiger charge is -2.24. The summed E-state index contributed by atoms with van der Waals surface area (Å²) in [6.07, 6.45) is 4.28. The molecule has 0 aromatic rings. The molecular weight excluding hydrogens is 200 g/mol. The highest BCUT2D eigenvalue weighted by Crippen LogP contribution is 2.02. The van der Waals surface area contributed by atoms with E-state index in [2.05, 4.69) is 11.6 Å². The summed E-state index contributed by atoms with van der Waals surface area (Å²) in [5, 5.41) is 2.29. The third-order valence-electron chi connectivity index (χ3n) is 2.09. The van der Waals surface area contributed by atoms with Crippen molar-refractivity contribution in [3.63, 3.8) is 0 Å². The lowest BCUT2D eigenvalue weighted by Crippen LogP contribution is -2.51. The van der Waals surface area contributed by atoms with E-state index in [0.717, 1.165) is 25.1 Å². The Morgan fingerprint density at radius 1 is 1.29 bits per heavy atom. The van der Waals surface area contributed by atoms with Crippen LogP contribution in [0.2, 0.25) is 0 Å². The molecule has 1 fully saturated rings. The Bertz CT molecular complexity index is 205. The van der Waals surface area contributed by atoms with Gasteiger partial charge < -0.3 is 0 Å². The van der Waals surface area contributed by atoms with E-state index in [1.807, 2.05) is 16.7 Å². The summed E-state index contributed by atoms with van der Waals surface area (Å²) in [5.41, 5.74) is 0. The lowest BCUT2D eigenvalue weighted by molar-refractivity contribution is -0.136. The van der Waals surface area contributed by atoms with Gasteiger partial charge in [0.15, 0.2) is 0 Å². The molecule has 0 spiro atoms. The molecule has 1 heterocycles. The summed E-state index contributed by atoms with van der Waals surface area (Å²) in [7, 11) is 0. The molecule has 5 heteroatoms. The van der Waals surface area contributed by atoms with E-state index < -0.39 is 0 Å². The van der Waals surface area contributed by atoms with Crippen LogP contribution in [0.1, 0.15) is 12.8 Å². The third kappa shape index (κ3) is 4.11. The fourth-order valence-electron chi connectivity index (χ4n) is 1.44. The van der Waals surface area contributed by atoms with Crippen molar-refractivity contribution in [1.29, 1.82) is 0 Å². The van der Waals surface area contributed by atoms with Crippen molar-refractivity contribution in [3.8, 4) is 0 Å². The smallest absolute Gasteiger partial charge is 0.240 e. The number of carbonyl (C=O) groups excluding carboxylic acids is 2. The van der Waals surface area contributed by atoms with E-state index in [1.54, 1.807) is 0 Å². The minimum Gasteiger partial charge on any atom is -0.294 e. The number of amides is 2. The molecule has 0 bridgehead atoms. The standard InChI is InChI=1S/C9H16N2O2S/c1-14-5-3-2-4-11-6-8(12)10-9(13)7-11/h2-7H2,1H3,(H,10,12,13). The Balaban J connectivity index is 2.17. The van der Waals surface area contributed by atoms with Crippen LogP contribution in [-0.2, 0) is 9.59 Å². The lowest BCUT2D eigenvalue weighted by atomic mass is 10.3. The molecule has 0 saturated carbocycles. The second kappa shape index (κ2) is 6.03. The topological polar surface area (TPSA) is 49.4 Å². The molecule has 80 valence electrons. The zero-order chi connectivity index (χ0) is 10.4. The minimum atomic E-state index is -0.175. The predicted molar refractivity (Wildman–Crippen MR) is 57.2 cm³/mol. The number of hydrogen-bond acceptors (Lipinski definition) is 4. The molecule has 0 aromatic carbocycles. The van der Waals surface area contributed by atoms with Gasteiger partial charge in [0.2, 0.25) is 11.8 Å². The van der Waals surface area contributed by atoms with E-state index in [0.29, 0.717) is 13.1 Å². The van der Waals surface area contributed by atoms with Gasteiger partial charge in [-0.3, -0.25) is 19.8 Å². The second-order valence-electron chi connectivity index (χ2n) is 3.38. The maximum atomic E-state index is 11.0. The number of piperazine rings is 1. The van der Waals surface area contributed by atoms with E-state index in [4.69, 9.17) is 0 Å².